The van der Waals surface area contributed by atoms with Gasteiger partial charge in [-0.05, 0) is 52.0 Å². The van der Waals surface area contributed by atoms with Crippen molar-refractivity contribution in [3.8, 4) is 0 Å². The number of nitrogens with zero attached hydrogens (tertiary/aromatic N) is 4. The van der Waals surface area contributed by atoms with Gasteiger partial charge in [-0.15, -0.1) is 11.3 Å². The summed E-state index contributed by atoms with van der Waals surface area (Å²) in [7, 11) is 1.87. The van der Waals surface area contributed by atoms with Crippen LogP contribution in [0.1, 0.15) is 67.8 Å². The standard InChI is InChI=1S/C24H33N5O2S2/c1-6-7-8-9-13-29-23(31)19-17-11-10-12-18(17)33-22(19)26-24(29)32-16(4)21(30)25-20-14(2)27-28(5)15(20)3/h16H,6-13H2,1-5H3,(H,25,30). The van der Waals surface area contributed by atoms with Crippen molar-refractivity contribution < 1.29 is 4.79 Å². The molecule has 1 amide bonds. The highest BCUT2D eigenvalue weighted by atomic mass is 32.2. The monoisotopic (exact) mass is 487 g/mol. The molecule has 3 aromatic rings. The van der Waals surface area contributed by atoms with Gasteiger partial charge < -0.3 is 5.32 Å². The Hall–Kier alpha value is -2.13. The van der Waals surface area contributed by atoms with Crippen molar-refractivity contribution in [3.05, 3.63) is 32.2 Å². The van der Waals surface area contributed by atoms with Gasteiger partial charge in [0.05, 0.1) is 27.7 Å². The van der Waals surface area contributed by atoms with E-state index in [0.29, 0.717) is 11.7 Å². The summed E-state index contributed by atoms with van der Waals surface area (Å²) in [4.78, 5) is 33.6. The van der Waals surface area contributed by atoms with Crippen LogP contribution in [0.15, 0.2) is 9.95 Å². The van der Waals surface area contributed by atoms with Crippen LogP contribution >= 0.6 is 23.1 Å². The summed E-state index contributed by atoms with van der Waals surface area (Å²) in [6.45, 7) is 8.52. The van der Waals surface area contributed by atoms with Gasteiger partial charge in [-0.1, -0.05) is 37.9 Å². The van der Waals surface area contributed by atoms with E-state index < -0.39 is 5.25 Å². The zero-order valence-electron chi connectivity index (χ0n) is 20.2. The summed E-state index contributed by atoms with van der Waals surface area (Å²) >= 11 is 3.02. The Bertz CT molecular complexity index is 1240. The molecule has 0 radical (unpaired) electrons. The molecule has 1 aliphatic rings. The van der Waals surface area contributed by atoms with Crippen molar-refractivity contribution in [3.63, 3.8) is 0 Å². The van der Waals surface area contributed by atoms with Crippen LogP contribution in [0.3, 0.4) is 0 Å². The molecule has 4 rings (SSSR count). The summed E-state index contributed by atoms with van der Waals surface area (Å²) in [5.41, 5.74) is 3.73. The summed E-state index contributed by atoms with van der Waals surface area (Å²) in [6.07, 6.45) is 7.46. The van der Waals surface area contributed by atoms with Crippen LogP contribution in [0, 0.1) is 13.8 Å². The highest BCUT2D eigenvalue weighted by Crippen LogP contribution is 2.36. The van der Waals surface area contributed by atoms with Crippen LogP contribution in [0.4, 0.5) is 5.69 Å². The van der Waals surface area contributed by atoms with E-state index in [9.17, 15) is 9.59 Å². The van der Waals surface area contributed by atoms with Crippen LogP contribution in [0.5, 0.6) is 0 Å². The molecule has 0 bridgehead atoms. The van der Waals surface area contributed by atoms with Gasteiger partial charge in [0, 0.05) is 18.5 Å². The number of amides is 1. The average molecular weight is 488 g/mol. The molecule has 0 fully saturated rings. The number of hydrogen-bond donors (Lipinski definition) is 1. The van der Waals surface area contributed by atoms with Crippen molar-refractivity contribution in [1.82, 2.24) is 19.3 Å². The second-order valence-electron chi connectivity index (χ2n) is 8.87. The Labute approximate surface area is 203 Å². The van der Waals surface area contributed by atoms with Crippen LogP contribution in [-0.4, -0.2) is 30.5 Å². The van der Waals surface area contributed by atoms with Gasteiger partial charge in [0.25, 0.3) is 5.56 Å². The van der Waals surface area contributed by atoms with E-state index >= 15 is 0 Å². The molecule has 1 aliphatic carbocycles. The first-order valence-electron chi connectivity index (χ1n) is 11.8. The van der Waals surface area contributed by atoms with E-state index in [4.69, 9.17) is 4.98 Å². The fraction of sp³-hybridized carbons (Fsp3) is 0.583. The van der Waals surface area contributed by atoms with Gasteiger partial charge in [-0.2, -0.15) is 5.10 Å². The summed E-state index contributed by atoms with van der Waals surface area (Å²) in [5.74, 6) is -0.111. The molecule has 3 heterocycles. The quantitative estimate of drug-likeness (QED) is 0.261. The van der Waals surface area contributed by atoms with E-state index in [1.807, 2.05) is 32.4 Å². The molecular formula is C24H33N5O2S2. The maximum atomic E-state index is 13.6. The summed E-state index contributed by atoms with van der Waals surface area (Å²) in [6, 6.07) is 0. The van der Waals surface area contributed by atoms with Crippen molar-refractivity contribution in [2.24, 2.45) is 7.05 Å². The van der Waals surface area contributed by atoms with E-state index in [1.54, 1.807) is 16.0 Å². The fourth-order valence-corrected chi connectivity index (χ4v) is 6.67. The number of hydrogen-bond acceptors (Lipinski definition) is 6. The zero-order valence-corrected chi connectivity index (χ0v) is 21.8. The number of anilines is 1. The lowest BCUT2D eigenvalue weighted by Gasteiger charge is -2.16. The number of thiophene rings is 1. The van der Waals surface area contributed by atoms with Crippen molar-refractivity contribution in [2.45, 2.75) is 89.6 Å². The Morgan fingerprint density at radius 2 is 2.03 bits per heavy atom. The number of fused-ring (bicyclic) bond motifs is 3. The lowest BCUT2D eigenvalue weighted by atomic mass is 10.2. The number of rotatable bonds is 9. The first kappa shape index (κ1) is 24.0. The molecule has 0 saturated carbocycles. The van der Waals surface area contributed by atoms with Crippen LogP contribution in [-0.2, 0) is 31.2 Å². The molecular weight excluding hydrogens is 454 g/mol. The van der Waals surface area contributed by atoms with Gasteiger partial charge in [-0.3, -0.25) is 18.8 Å². The molecule has 9 heteroatoms. The van der Waals surface area contributed by atoms with Crippen molar-refractivity contribution in [2.75, 3.05) is 5.32 Å². The Morgan fingerprint density at radius 3 is 2.73 bits per heavy atom. The van der Waals surface area contributed by atoms with Gasteiger partial charge in [0.2, 0.25) is 5.91 Å². The number of aryl methyl sites for hydroxylation is 4. The fourth-order valence-electron chi connectivity index (χ4n) is 4.43. The van der Waals surface area contributed by atoms with E-state index in [-0.39, 0.29) is 11.5 Å². The third kappa shape index (κ3) is 4.75. The Balaban J connectivity index is 1.62. The first-order chi connectivity index (χ1) is 15.8. The minimum atomic E-state index is -0.401. The van der Waals surface area contributed by atoms with E-state index in [0.717, 1.165) is 72.2 Å². The minimum Gasteiger partial charge on any atom is -0.322 e. The topological polar surface area (TPSA) is 81.8 Å². The number of nitrogens with one attached hydrogen (secondary N) is 1. The molecule has 0 saturated heterocycles. The third-order valence-electron chi connectivity index (χ3n) is 6.43. The molecule has 7 nitrogen and oxygen atoms in total. The SMILES string of the molecule is CCCCCCn1c(SC(C)C(=O)Nc2c(C)nn(C)c2C)nc2sc3c(c2c1=O)CCC3. The largest absolute Gasteiger partial charge is 0.322 e. The Kier molecular flexibility index (Phi) is 7.28. The lowest BCUT2D eigenvalue weighted by molar-refractivity contribution is -0.115. The average Bonchev–Trinajstić information content (AvgIpc) is 3.42. The molecule has 178 valence electrons. The normalized spacial score (nSPS) is 14.1. The second-order valence-corrected chi connectivity index (χ2v) is 11.3. The number of thioether (sulfide) groups is 1. The number of carbonyl (C=O) groups excluding carboxylic acids is 1. The molecule has 1 unspecified atom stereocenters. The maximum absolute atomic E-state index is 13.6. The zero-order chi connectivity index (χ0) is 23.7. The first-order valence-corrected chi connectivity index (χ1v) is 13.5. The predicted molar refractivity (Wildman–Crippen MR) is 137 cm³/mol. The second kappa shape index (κ2) is 10.0. The predicted octanol–water partition coefficient (Wildman–Crippen LogP) is 5.00. The molecule has 3 aromatic heterocycles. The number of aromatic nitrogens is 4. The van der Waals surface area contributed by atoms with Crippen molar-refractivity contribution in [1.29, 1.82) is 0 Å². The molecule has 0 aromatic carbocycles. The van der Waals surface area contributed by atoms with Crippen LogP contribution < -0.4 is 10.9 Å². The number of unbranched alkanes of at least 4 members (excludes halogenated alkanes) is 3. The third-order valence-corrected chi connectivity index (χ3v) is 8.71. The molecule has 0 spiro atoms. The van der Waals surface area contributed by atoms with Gasteiger partial charge in [0.15, 0.2) is 5.16 Å². The van der Waals surface area contributed by atoms with Gasteiger partial charge in [0.1, 0.15) is 4.83 Å². The maximum Gasteiger partial charge on any atom is 0.263 e. The van der Waals surface area contributed by atoms with E-state index in [2.05, 4.69) is 17.3 Å². The smallest absolute Gasteiger partial charge is 0.263 e. The number of carbonyl (C=O) groups is 1. The molecule has 1 atom stereocenters. The molecule has 1 N–H and O–H groups in total. The molecule has 0 aliphatic heterocycles. The summed E-state index contributed by atoms with van der Waals surface area (Å²) < 4.78 is 3.58. The van der Waals surface area contributed by atoms with Gasteiger partial charge >= 0.3 is 0 Å². The van der Waals surface area contributed by atoms with Gasteiger partial charge in [-0.25, -0.2) is 4.98 Å². The highest BCUT2D eigenvalue weighted by molar-refractivity contribution is 8.00. The van der Waals surface area contributed by atoms with Crippen LogP contribution in [0.2, 0.25) is 0 Å². The van der Waals surface area contributed by atoms with Crippen LogP contribution in [0.25, 0.3) is 10.2 Å². The summed E-state index contributed by atoms with van der Waals surface area (Å²) in [5, 5.41) is 8.46. The lowest BCUT2D eigenvalue weighted by Crippen LogP contribution is -2.27. The molecule has 33 heavy (non-hydrogen) atoms. The van der Waals surface area contributed by atoms with E-state index in [1.165, 1.54) is 22.2 Å². The minimum absolute atomic E-state index is 0.0601. The van der Waals surface area contributed by atoms with Crippen molar-refractivity contribution >= 4 is 44.9 Å². The highest BCUT2D eigenvalue weighted by Gasteiger charge is 2.25. The Morgan fingerprint density at radius 1 is 1.24 bits per heavy atom.